The number of esters is 2. The zero-order chi connectivity index (χ0) is 16.6. The van der Waals surface area contributed by atoms with E-state index in [0.29, 0.717) is 6.42 Å². The van der Waals surface area contributed by atoms with Gasteiger partial charge in [-0.2, -0.15) is 0 Å². The van der Waals surface area contributed by atoms with Crippen LogP contribution in [0.1, 0.15) is 36.5 Å². The van der Waals surface area contributed by atoms with Crippen LogP contribution in [0.3, 0.4) is 0 Å². The monoisotopic (exact) mass is 319 g/mol. The summed E-state index contributed by atoms with van der Waals surface area (Å²) in [6.07, 6.45) is 2.30. The molecule has 7 heteroatoms. The molecule has 2 aliphatic rings. The molecule has 0 bridgehead atoms. The Bertz CT molecular complexity index is 655. The number of hydrogen-bond donors (Lipinski definition) is 0. The molecule has 0 N–H and O–H groups in total. The van der Waals surface area contributed by atoms with Crippen molar-refractivity contribution in [1.82, 2.24) is 0 Å². The first kappa shape index (κ1) is 15.5. The molecule has 23 heavy (non-hydrogen) atoms. The van der Waals surface area contributed by atoms with Crippen LogP contribution < -0.4 is 0 Å². The standard InChI is InChI=1S/C16H17NO6/c1-16-8-6-13(16)12(15(19)23-16)7-9-22-14(18)10-2-4-11(5-3-10)17(20)21/h2-5,12-13H,6-9H2,1H3. The van der Waals surface area contributed by atoms with Crippen molar-refractivity contribution in [2.75, 3.05) is 6.61 Å². The molecular formula is C16H17NO6. The number of hydrogen-bond acceptors (Lipinski definition) is 6. The van der Waals surface area contributed by atoms with Crippen molar-refractivity contribution in [3.63, 3.8) is 0 Å². The largest absolute Gasteiger partial charge is 0.462 e. The molecule has 3 unspecified atom stereocenters. The van der Waals surface area contributed by atoms with Gasteiger partial charge >= 0.3 is 11.9 Å². The average Bonchev–Trinajstić information content (AvgIpc) is 2.67. The highest BCUT2D eigenvalue weighted by atomic mass is 16.6. The van der Waals surface area contributed by atoms with Crippen molar-refractivity contribution in [3.05, 3.63) is 39.9 Å². The molecule has 3 rings (SSSR count). The van der Waals surface area contributed by atoms with Crippen molar-refractivity contribution in [2.24, 2.45) is 11.8 Å². The zero-order valence-corrected chi connectivity index (χ0v) is 12.7. The lowest BCUT2D eigenvalue weighted by Crippen LogP contribution is -2.43. The number of non-ortho nitro benzene ring substituents is 1. The van der Waals surface area contributed by atoms with Gasteiger partial charge < -0.3 is 9.47 Å². The summed E-state index contributed by atoms with van der Waals surface area (Å²) in [6.45, 7) is 2.07. The predicted octanol–water partition coefficient (Wildman–Crippen LogP) is 2.48. The third-order valence-electron chi connectivity index (χ3n) is 4.83. The summed E-state index contributed by atoms with van der Waals surface area (Å²) in [6, 6.07) is 5.22. The summed E-state index contributed by atoms with van der Waals surface area (Å²) in [5.74, 6) is -0.754. The minimum Gasteiger partial charge on any atom is -0.462 e. The second-order valence-corrected chi connectivity index (χ2v) is 6.21. The quantitative estimate of drug-likeness (QED) is 0.470. The summed E-state index contributed by atoms with van der Waals surface area (Å²) in [4.78, 5) is 33.8. The van der Waals surface area contributed by atoms with Crippen LogP contribution in [0.2, 0.25) is 0 Å². The van der Waals surface area contributed by atoms with Crippen LogP contribution in [0.25, 0.3) is 0 Å². The number of benzene rings is 1. The molecule has 1 aliphatic carbocycles. The van der Waals surface area contributed by atoms with Gasteiger partial charge in [0.1, 0.15) is 5.60 Å². The number of rotatable bonds is 5. The smallest absolute Gasteiger partial charge is 0.338 e. The number of nitro groups is 1. The van der Waals surface area contributed by atoms with E-state index in [0.717, 1.165) is 12.8 Å². The average molecular weight is 319 g/mol. The Morgan fingerprint density at radius 3 is 2.65 bits per heavy atom. The van der Waals surface area contributed by atoms with Gasteiger partial charge in [-0.3, -0.25) is 14.9 Å². The summed E-state index contributed by atoms with van der Waals surface area (Å²) < 4.78 is 10.6. The van der Waals surface area contributed by atoms with Crippen molar-refractivity contribution < 1.29 is 24.0 Å². The first-order valence-corrected chi connectivity index (χ1v) is 7.55. The van der Waals surface area contributed by atoms with E-state index in [9.17, 15) is 19.7 Å². The highest BCUT2D eigenvalue weighted by Gasteiger charge is 2.58. The van der Waals surface area contributed by atoms with Gasteiger partial charge in [-0.15, -0.1) is 0 Å². The lowest BCUT2D eigenvalue weighted by molar-refractivity contribution is -0.384. The third-order valence-corrected chi connectivity index (χ3v) is 4.83. The lowest BCUT2D eigenvalue weighted by Gasteiger charge is -2.40. The Hall–Kier alpha value is -2.44. The number of nitro benzene ring substituents is 1. The zero-order valence-electron chi connectivity index (χ0n) is 12.7. The van der Waals surface area contributed by atoms with E-state index in [1.807, 2.05) is 6.92 Å². The van der Waals surface area contributed by atoms with Crippen molar-refractivity contribution in [1.29, 1.82) is 0 Å². The molecule has 0 amide bonds. The molecule has 0 aromatic heterocycles. The van der Waals surface area contributed by atoms with Crippen molar-refractivity contribution in [3.8, 4) is 0 Å². The van der Waals surface area contributed by atoms with Crippen LogP contribution >= 0.6 is 0 Å². The molecule has 7 nitrogen and oxygen atoms in total. The molecule has 3 atom stereocenters. The minimum atomic E-state index is -0.553. The normalized spacial score (nSPS) is 28.5. The third kappa shape index (κ3) is 2.78. The first-order valence-electron chi connectivity index (χ1n) is 7.55. The highest BCUT2D eigenvalue weighted by Crippen LogP contribution is 2.52. The molecule has 1 aliphatic heterocycles. The maximum Gasteiger partial charge on any atom is 0.338 e. The summed E-state index contributed by atoms with van der Waals surface area (Å²) in [7, 11) is 0. The van der Waals surface area contributed by atoms with Crippen LogP contribution in [0.4, 0.5) is 5.69 Å². The van der Waals surface area contributed by atoms with E-state index >= 15 is 0 Å². The number of fused-ring (bicyclic) bond motifs is 1. The molecule has 1 heterocycles. The van der Waals surface area contributed by atoms with Crippen LogP contribution in [-0.4, -0.2) is 29.1 Å². The van der Waals surface area contributed by atoms with Crippen molar-refractivity contribution >= 4 is 17.6 Å². The van der Waals surface area contributed by atoms with E-state index in [-0.39, 0.29) is 41.3 Å². The number of carbonyl (C=O) groups excluding carboxylic acids is 2. The van der Waals surface area contributed by atoms with Gasteiger partial charge in [-0.1, -0.05) is 0 Å². The molecule has 0 radical (unpaired) electrons. The van der Waals surface area contributed by atoms with Gasteiger partial charge in [-0.25, -0.2) is 4.79 Å². The Morgan fingerprint density at radius 1 is 1.43 bits per heavy atom. The van der Waals surface area contributed by atoms with Crippen LogP contribution in [0.5, 0.6) is 0 Å². The van der Waals surface area contributed by atoms with E-state index in [1.54, 1.807) is 0 Å². The van der Waals surface area contributed by atoms with Crippen molar-refractivity contribution in [2.45, 2.75) is 31.8 Å². The van der Waals surface area contributed by atoms with Gasteiger partial charge in [0.2, 0.25) is 0 Å². The summed E-state index contributed by atoms with van der Waals surface area (Å²) >= 11 is 0. The lowest BCUT2D eigenvalue weighted by atomic mass is 9.66. The number of nitrogens with zero attached hydrogens (tertiary/aromatic N) is 1. The maximum atomic E-state index is 11.9. The molecule has 0 spiro atoms. The first-order chi connectivity index (χ1) is 10.9. The molecule has 1 saturated carbocycles. The van der Waals surface area contributed by atoms with E-state index in [1.165, 1.54) is 24.3 Å². The maximum absolute atomic E-state index is 11.9. The summed E-state index contributed by atoms with van der Waals surface area (Å²) in [5.41, 5.74) is -0.165. The SMILES string of the molecule is CC12CCC1C(CCOC(=O)c1ccc([N+](=O)[O-])cc1)C(=O)O2. The number of carbonyl (C=O) groups is 2. The highest BCUT2D eigenvalue weighted by molar-refractivity contribution is 5.89. The van der Waals surface area contributed by atoms with Crippen LogP contribution in [0.15, 0.2) is 24.3 Å². The van der Waals surface area contributed by atoms with Gasteiger partial charge in [0.25, 0.3) is 5.69 Å². The Morgan fingerprint density at radius 2 is 2.13 bits per heavy atom. The Labute approximate surface area is 132 Å². The summed E-state index contributed by atoms with van der Waals surface area (Å²) in [5, 5.41) is 10.6. The van der Waals surface area contributed by atoms with E-state index in [4.69, 9.17) is 9.47 Å². The molecule has 1 saturated heterocycles. The minimum absolute atomic E-state index is 0.0838. The van der Waals surface area contributed by atoms with E-state index < -0.39 is 10.9 Å². The van der Waals surface area contributed by atoms with Gasteiger partial charge in [0.05, 0.1) is 23.0 Å². The van der Waals surface area contributed by atoms with Crippen LogP contribution in [0, 0.1) is 22.0 Å². The topological polar surface area (TPSA) is 95.7 Å². The number of ether oxygens (including phenoxy) is 2. The Kier molecular flexibility index (Phi) is 3.79. The van der Waals surface area contributed by atoms with Gasteiger partial charge in [0.15, 0.2) is 0 Å². The molecule has 2 fully saturated rings. The fourth-order valence-electron chi connectivity index (χ4n) is 3.34. The van der Waals surface area contributed by atoms with Crippen LogP contribution in [-0.2, 0) is 14.3 Å². The molecule has 1 aromatic rings. The predicted molar refractivity (Wildman–Crippen MR) is 78.7 cm³/mol. The fraction of sp³-hybridized carbons (Fsp3) is 0.500. The molecule has 1 aromatic carbocycles. The Balaban J connectivity index is 1.51. The van der Waals surface area contributed by atoms with Gasteiger partial charge in [-0.05, 0) is 38.3 Å². The van der Waals surface area contributed by atoms with Gasteiger partial charge in [0, 0.05) is 18.1 Å². The second kappa shape index (κ2) is 5.64. The second-order valence-electron chi connectivity index (χ2n) is 6.21. The van der Waals surface area contributed by atoms with E-state index in [2.05, 4.69) is 0 Å². The fourth-order valence-corrected chi connectivity index (χ4v) is 3.34. The molecular weight excluding hydrogens is 302 g/mol. The molecule has 122 valence electrons.